The molecule has 2 heterocycles. The Morgan fingerprint density at radius 2 is 1.97 bits per heavy atom. The van der Waals surface area contributed by atoms with Crippen molar-refractivity contribution < 1.29 is 13.2 Å². The van der Waals surface area contributed by atoms with Gasteiger partial charge in [0.1, 0.15) is 24.0 Å². The minimum Gasteiger partial charge on any atom is -0.489 e. The number of aryl methyl sites for hydroxylation is 2. The van der Waals surface area contributed by atoms with Gasteiger partial charge in [0.15, 0.2) is 0 Å². The fraction of sp³-hybridized carbons (Fsp3) is 0.381. The number of anilines is 1. The lowest BCUT2D eigenvalue weighted by molar-refractivity contribution is 0.125. The number of aromatic nitrogens is 4. The molecule has 1 N–H and O–H groups in total. The zero-order valence-corrected chi connectivity index (χ0v) is 17.8. The third kappa shape index (κ3) is 4.30. The van der Waals surface area contributed by atoms with E-state index < -0.39 is 10.0 Å². The number of hydrogen-bond donors (Lipinski definition) is 1. The van der Waals surface area contributed by atoms with Crippen molar-refractivity contribution in [3.8, 4) is 5.75 Å². The Morgan fingerprint density at radius 3 is 2.67 bits per heavy atom. The van der Waals surface area contributed by atoms with Crippen molar-refractivity contribution in [3.63, 3.8) is 0 Å². The summed E-state index contributed by atoms with van der Waals surface area (Å²) in [6.07, 6.45) is 8.93. The van der Waals surface area contributed by atoms with Crippen LogP contribution in [0.15, 0.2) is 53.9 Å². The van der Waals surface area contributed by atoms with Gasteiger partial charge in [0.05, 0.1) is 4.90 Å². The Morgan fingerprint density at radius 1 is 1.13 bits per heavy atom. The van der Waals surface area contributed by atoms with Crippen LogP contribution in [0.25, 0.3) is 0 Å². The second kappa shape index (κ2) is 8.43. The van der Waals surface area contributed by atoms with E-state index in [0.717, 1.165) is 24.8 Å². The highest BCUT2D eigenvalue weighted by atomic mass is 32.2. The van der Waals surface area contributed by atoms with Gasteiger partial charge < -0.3 is 4.74 Å². The summed E-state index contributed by atoms with van der Waals surface area (Å²) in [7, 11) is -1.79. The maximum absolute atomic E-state index is 12.7. The lowest BCUT2D eigenvalue weighted by Crippen LogP contribution is -2.30. The van der Waals surface area contributed by atoms with Crippen LogP contribution in [0.4, 0.5) is 5.82 Å². The first-order chi connectivity index (χ1) is 14.4. The predicted molar refractivity (Wildman–Crippen MR) is 113 cm³/mol. The Hall–Kier alpha value is -2.94. The minimum atomic E-state index is -3.74. The Balaban J connectivity index is 1.53. The topological polar surface area (TPSA) is 99.0 Å². The van der Waals surface area contributed by atoms with Gasteiger partial charge in [-0.25, -0.2) is 18.4 Å². The molecule has 9 heteroatoms. The molecule has 1 aliphatic rings. The first-order valence-electron chi connectivity index (χ1n) is 9.98. The van der Waals surface area contributed by atoms with Crippen molar-refractivity contribution >= 4 is 15.8 Å². The third-order valence-corrected chi connectivity index (χ3v) is 6.85. The highest BCUT2D eigenvalue weighted by molar-refractivity contribution is 7.92. The van der Waals surface area contributed by atoms with Crippen molar-refractivity contribution in [2.45, 2.75) is 49.5 Å². The molecule has 1 aromatic carbocycles. The second-order valence-electron chi connectivity index (χ2n) is 7.55. The standard InChI is InChI=1S/C21H25N5O3S/c1-15-13-16(30(27,28)25-21-10-11-22-14-23-21)7-8-19(15)29-20-6-4-3-5-17(20)18-9-12-24-26(18)2/h7-14,17,20H,3-6H2,1-2H3,(H,22,23,25)/t17?,20-/m0/s1. The fourth-order valence-corrected chi connectivity index (χ4v) is 5.05. The van der Waals surface area contributed by atoms with E-state index >= 15 is 0 Å². The third-order valence-electron chi connectivity index (χ3n) is 5.50. The maximum atomic E-state index is 12.7. The molecule has 2 atom stereocenters. The van der Waals surface area contributed by atoms with Gasteiger partial charge >= 0.3 is 0 Å². The fourth-order valence-electron chi connectivity index (χ4n) is 3.96. The monoisotopic (exact) mass is 427 g/mol. The number of rotatable bonds is 6. The highest BCUT2D eigenvalue weighted by Gasteiger charge is 2.30. The Labute approximate surface area is 176 Å². The van der Waals surface area contributed by atoms with Gasteiger partial charge in [-0.2, -0.15) is 5.10 Å². The normalized spacial score (nSPS) is 19.4. The van der Waals surface area contributed by atoms with Crippen molar-refractivity contribution in [3.05, 3.63) is 60.3 Å². The molecule has 1 fully saturated rings. The molecule has 1 aliphatic carbocycles. The zero-order chi connectivity index (χ0) is 21.1. The molecule has 4 rings (SSSR count). The molecular formula is C21H25N5O3S. The molecule has 0 spiro atoms. The van der Waals surface area contributed by atoms with Crippen LogP contribution in [0.2, 0.25) is 0 Å². The average molecular weight is 428 g/mol. The molecule has 1 unspecified atom stereocenters. The van der Waals surface area contributed by atoms with Crippen LogP contribution >= 0.6 is 0 Å². The molecule has 158 valence electrons. The van der Waals surface area contributed by atoms with Gasteiger partial charge in [-0.15, -0.1) is 0 Å². The average Bonchev–Trinajstić information content (AvgIpc) is 3.16. The van der Waals surface area contributed by atoms with Crippen molar-refractivity contribution in [2.24, 2.45) is 7.05 Å². The molecule has 0 bridgehead atoms. The van der Waals surface area contributed by atoms with Gasteiger partial charge in [-0.05, 0) is 62.1 Å². The van der Waals surface area contributed by atoms with Crippen LogP contribution in [-0.2, 0) is 17.1 Å². The summed E-state index contributed by atoms with van der Waals surface area (Å²) >= 11 is 0. The van der Waals surface area contributed by atoms with Gasteiger partial charge in [0.2, 0.25) is 0 Å². The van der Waals surface area contributed by atoms with Gasteiger partial charge in [-0.3, -0.25) is 9.40 Å². The summed E-state index contributed by atoms with van der Waals surface area (Å²) < 4.78 is 36.1. The van der Waals surface area contributed by atoms with E-state index in [1.54, 1.807) is 18.2 Å². The number of hydrogen-bond acceptors (Lipinski definition) is 6. The summed E-state index contributed by atoms with van der Waals surface area (Å²) in [6.45, 7) is 1.86. The van der Waals surface area contributed by atoms with E-state index in [4.69, 9.17) is 4.74 Å². The van der Waals surface area contributed by atoms with E-state index in [-0.39, 0.29) is 22.7 Å². The van der Waals surface area contributed by atoms with Crippen LogP contribution in [0.1, 0.15) is 42.9 Å². The smallest absolute Gasteiger partial charge is 0.263 e. The first kappa shape index (κ1) is 20.3. The lowest BCUT2D eigenvalue weighted by atomic mass is 9.84. The molecule has 0 aliphatic heterocycles. The number of ether oxygens (including phenoxy) is 1. The Kier molecular flexibility index (Phi) is 5.72. The predicted octanol–water partition coefficient (Wildman–Crippen LogP) is 3.42. The van der Waals surface area contributed by atoms with Gasteiger partial charge in [-0.1, -0.05) is 6.42 Å². The molecule has 1 saturated carbocycles. The van der Waals surface area contributed by atoms with Crippen LogP contribution in [0, 0.1) is 6.92 Å². The minimum absolute atomic E-state index is 0.0365. The van der Waals surface area contributed by atoms with Crippen molar-refractivity contribution in [2.75, 3.05) is 4.72 Å². The van der Waals surface area contributed by atoms with Crippen LogP contribution in [-0.4, -0.2) is 34.3 Å². The molecule has 0 radical (unpaired) electrons. The second-order valence-corrected chi connectivity index (χ2v) is 9.24. The molecule has 30 heavy (non-hydrogen) atoms. The van der Waals surface area contributed by atoms with Crippen molar-refractivity contribution in [1.29, 1.82) is 0 Å². The van der Waals surface area contributed by atoms with Crippen LogP contribution in [0.3, 0.4) is 0 Å². The molecule has 3 aromatic rings. The van der Waals surface area contributed by atoms with E-state index in [9.17, 15) is 8.42 Å². The number of nitrogens with one attached hydrogen (secondary N) is 1. The first-order valence-corrected chi connectivity index (χ1v) is 11.5. The quantitative estimate of drug-likeness (QED) is 0.647. The molecule has 0 saturated heterocycles. The van der Waals surface area contributed by atoms with E-state index in [1.165, 1.54) is 30.7 Å². The van der Waals surface area contributed by atoms with Gasteiger partial charge in [0, 0.05) is 31.1 Å². The summed E-state index contributed by atoms with van der Waals surface area (Å²) in [6, 6.07) is 8.48. The van der Waals surface area contributed by atoms with E-state index in [1.807, 2.05) is 30.9 Å². The van der Waals surface area contributed by atoms with Crippen LogP contribution in [0.5, 0.6) is 5.75 Å². The largest absolute Gasteiger partial charge is 0.489 e. The lowest BCUT2D eigenvalue weighted by Gasteiger charge is -2.32. The zero-order valence-electron chi connectivity index (χ0n) is 17.0. The highest BCUT2D eigenvalue weighted by Crippen LogP contribution is 2.36. The summed E-state index contributed by atoms with van der Waals surface area (Å²) in [5.74, 6) is 1.20. The molecule has 2 aromatic heterocycles. The summed E-state index contributed by atoms with van der Waals surface area (Å²) in [5, 5.41) is 4.30. The van der Waals surface area contributed by atoms with Gasteiger partial charge in [0.25, 0.3) is 10.0 Å². The summed E-state index contributed by atoms with van der Waals surface area (Å²) in [4.78, 5) is 7.87. The maximum Gasteiger partial charge on any atom is 0.263 e. The molecule has 8 nitrogen and oxygen atoms in total. The SMILES string of the molecule is Cc1cc(S(=O)(=O)Nc2ccncn2)ccc1O[C@H]1CCCCC1c1ccnn1C. The van der Waals surface area contributed by atoms with Crippen LogP contribution < -0.4 is 9.46 Å². The Bertz CT molecular complexity index is 1110. The van der Waals surface area contributed by atoms with E-state index in [2.05, 4.69) is 19.8 Å². The molecule has 0 amide bonds. The van der Waals surface area contributed by atoms with E-state index in [0.29, 0.717) is 5.75 Å². The number of sulfonamides is 1. The number of benzene rings is 1. The molecular weight excluding hydrogens is 402 g/mol. The number of nitrogens with zero attached hydrogens (tertiary/aromatic N) is 4. The van der Waals surface area contributed by atoms with Crippen molar-refractivity contribution in [1.82, 2.24) is 19.7 Å². The summed E-state index contributed by atoms with van der Waals surface area (Å²) in [5.41, 5.74) is 1.94.